The third-order valence-corrected chi connectivity index (χ3v) is 6.58. The van der Waals surface area contributed by atoms with E-state index in [0.717, 1.165) is 0 Å². The molecule has 206 valence electrons. The Morgan fingerprint density at radius 1 is 1.13 bits per heavy atom. The second kappa shape index (κ2) is 12.8. The van der Waals surface area contributed by atoms with E-state index in [2.05, 4.69) is 5.32 Å². The molecule has 2 aromatic carbocycles. The van der Waals surface area contributed by atoms with Crippen LogP contribution in [0.5, 0.6) is 5.75 Å². The van der Waals surface area contributed by atoms with Crippen molar-refractivity contribution in [3.63, 3.8) is 0 Å². The Labute approximate surface area is 223 Å². The van der Waals surface area contributed by atoms with Gasteiger partial charge in [0.1, 0.15) is 18.2 Å². The molecule has 0 bridgehead atoms. The van der Waals surface area contributed by atoms with Crippen LogP contribution in [0.1, 0.15) is 34.6 Å². The molecule has 3 atom stereocenters. The SMILES string of the molecule is CO[C@H]1CN(C)C(=O)c2cc(NC(=O)c3ccc(F)cc3)ccc2OC[C@H](C)N(C(=O)CN(C)C)C[C@H]1C. The highest BCUT2D eigenvalue weighted by molar-refractivity contribution is 6.05. The lowest BCUT2D eigenvalue weighted by molar-refractivity contribution is -0.136. The van der Waals surface area contributed by atoms with Crippen LogP contribution < -0.4 is 10.1 Å². The number of methoxy groups -OCH3 is 1. The summed E-state index contributed by atoms with van der Waals surface area (Å²) in [6, 6.07) is 9.75. The lowest BCUT2D eigenvalue weighted by Crippen LogP contribution is -2.50. The average Bonchev–Trinajstić information content (AvgIpc) is 2.87. The molecule has 0 spiro atoms. The van der Waals surface area contributed by atoms with E-state index in [-0.39, 0.29) is 54.2 Å². The van der Waals surface area contributed by atoms with Gasteiger partial charge in [-0.15, -0.1) is 0 Å². The van der Waals surface area contributed by atoms with Crippen molar-refractivity contribution < 1.29 is 28.2 Å². The molecule has 2 aromatic rings. The van der Waals surface area contributed by atoms with Crippen LogP contribution in [-0.4, -0.2) is 99.1 Å². The van der Waals surface area contributed by atoms with Gasteiger partial charge in [-0.3, -0.25) is 14.4 Å². The molecule has 1 aliphatic rings. The smallest absolute Gasteiger partial charge is 0.257 e. The number of anilines is 1. The Morgan fingerprint density at radius 2 is 1.82 bits per heavy atom. The van der Waals surface area contributed by atoms with Crippen molar-refractivity contribution in [1.82, 2.24) is 14.7 Å². The summed E-state index contributed by atoms with van der Waals surface area (Å²) in [7, 11) is 6.97. The highest BCUT2D eigenvalue weighted by atomic mass is 19.1. The molecule has 0 fully saturated rings. The van der Waals surface area contributed by atoms with E-state index in [4.69, 9.17) is 9.47 Å². The summed E-state index contributed by atoms with van der Waals surface area (Å²) < 4.78 is 25.1. The molecule has 1 aliphatic heterocycles. The first kappa shape index (κ1) is 29.1. The van der Waals surface area contributed by atoms with Gasteiger partial charge in [0.25, 0.3) is 11.8 Å². The van der Waals surface area contributed by atoms with Crippen molar-refractivity contribution in [3.8, 4) is 5.75 Å². The van der Waals surface area contributed by atoms with Gasteiger partial charge in [-0.05, 0) is 63.5 Å². The van der Waals surface area contributed by atoms with Crippen LogP contribution in [0.4, 0.5) is 10.1 Å². The van der Waals surface area contributed by atoms with Gasteiger partial charge in [-0.1, -0.05) is 6.92 Å². The molecule has 0 aliphatic carbocycles. The zero-order valence-corrected chi connectivity index (χ0v) is 22.9. The number of hydrogen-bond donors (Lipinski definition) is 1. The van der Waals surface area contributed by atoms with Crippen molar-refractivity contribution in [2.45, 2.75) is 26.0 Å². The number of nitrogens with one attached hydrogen (secondary N) is 1. The molecule has 9 nitrogen and oxygen atoms in total. The number of likely N-dealkylation sites (N-methyl/N-ethyl adjacent to an activating group) is 2. The number of amides is 3. The quantitative estimate of drug-likeness (QED) is 0.642. The fourth-order valence-electron chi connectivity index (χ4n) is 4.37. The standard InChI is InChI=1S/C28H37FN4O5/c1-18-14-33(26(34)16-31(3)4)19(2)17-38-24-12-11-22(30-27(35)20-7-9-21(29)10-8-20)13-23(24)28(36)32(5)15-25(18)37-6/h7-13,18-19,25H,14-17H2,1-6H3,(H,30,35)/t18-,19+,25+/m1/s1. The van der Waals surface area contributed by atoms with Gasteiger partial charge < -0.3 is 29.5 Å². The number of nitrogens with zero attached hydrogens (tertiary/aromatic N) is 3. The normalized spacial score (nSPS) is 20.7. The topological polar surface area (TPSA) is 91.4 Å². The predicted octanol–water partition coefficient (Wildman–Crippen LogP) is 2.97. The Hall–Kier alpha value is -3.50. The molecule has 3 amide bonds. The zero-order chi connectivity index (χ0) is 28.0. The van der Waals surface area contributed by atoms with E-state index < -0.39 is 11.7 Å². The number of carbonyl (C=O) groups excluding carboxylic acids is 3. The molecule has 3 rings (SSSR count). The average molecular weight is 529 g/mol. The monoisotopic (exact) mass is 528 g/mol. The van der Waals surface area contributed by atoms with Crippen LogP contribution in [0.3, 0.4) is 0 Å². The van der Waals surface area contributed by atoms with Gasteiger partial charge in [0, 0.05) is 44.4 Å². The van der Waals surface area contributed by atoms with Crippen molar-refractivity contribution in [1.29, 1.82) is 0 Å². The van der Waals surface area contributed by atoms with E-state index in [1.54, 1.807) is 42.2 Å². The van der Waals surface area contributed by atoms with E-state index in [1.165, 1.54) is 24.3 Å². The Morgan fingerprint density at radius 3 is 2.45 bits per heavy atom. The maximum atomic E-state index is 13.5. The van der Waals surface area contributed by atoms with Crippen molar-refractivity contribution in [2.75, 3.05) is 59.8 Å². The summed E-state index contributed by atoms with van der Waals surface area (Å²) in [5, 5.41) is 2.76. The molecule has 0 radical (unpaired) electrons. The number of carbonyl (C=O) groups is 3. The summed E-state index contributed by atoms with van der Waals surface area (Å²) in [5.41, 5.74) is 0.945. The van der Waals surface area contributed by atoms with Crippen LogP contribution in [0.15, 0.2) is 42.5 Å². The predicted molar refractivity (Wildman–Crippen MR) is 143 cm³/mol. The number of hydrogen-bond acceptors (Lipinski definition) is 6. The van der Waals surface area contributed by atoms with Crippen LogP contribution in [0.2, 0.25) is 0 Å². The van der Waals surface area contributed by atoms with Gasteiger partial charge in [-0.25, -0.2) is 4.39 Å². The zero-order valence-electron chi connectivity index (χ0n) is 22.9. The van der Waals surface area contributed by atoms with E-state index >= 15 is 0 Å². The van der Waals surface area contributed by atoms with Crippen molar-refractivity contribution >= 4 is 23.4 Å². The fraction of sp³-hybridized carbons (Fsp3) is 0.464. The first-order valence-electron chi connectivity index (χ1n) is 12.6. The fourth-order valence-corrected chi connectivity index (χ4v) is 4.37. The number of fused-ring (bicyclic) bond motifs is 1. The third-order valence-electron chi connectivity index (χ3n) is 6.58. The summed E-state index contributed by atoms with van der Waals surface area (Å²) in [4.78, 5) is 44.4. The molecule has 0 saturated heterocycles. The third kappa shape index (κ3) is 7.29. The lowest BCUT2D eigenvalue weighted by Gasteiger charge is -2.36. The summed E-state index contributed by atoms with van der Waals surface area (Å²) in [5.74, 6) is -0.891. The minimum absolute atomic E-state index is 0.0200. The number of ether oxygens (including phenoxy) is 2. The molecule has 10 heteroatoms. The highest BCUT2D eigenvalue weighted by Gasteiger charge is 2.30. The van der Waals surface area contributed by atoms with Gasteiger partial charge in [0.05, 0.1) is 24.3 Å². The maximum Gasteiger partial charge on any atom is 0.257 e. The van der Waals surface area contributed by atoms with Gasteiger partial charge in [-0.2, -0.15) is 0 Å². The van der Waals surface area contributed by atoms with E-state index in [0.29, 0.717) is 24.5 Å². The van der Waals surface area contributed by atoms with Crippen LogP contribution in [0.25, 0.3) is 0 Å². The second-order valence-electron chi connectivity index (χ2n) is 10.1. The minimum Gasteiger partial charge on any atom is -0.491 e. The molecule has 0 saturated carbocycles. The lowest BCUT2D eigenvalue weighted by atomic mass is 10.0. The molecule has 38 heavy (non-hydrogen) atoms. The van der Waals surface area contributed by atoms with Crippen molar-refractivity contribution in [2.24, 2.45) is 5.92 Å². The van der Waals surface area contributed by atoms with Crippen LogP contribution >= 0.6 is 0 Å². The molecule has 0 aromatic heterocycles. The molecular formula is C28H37FN4O5. The van der Waals surface area contributed by atoms with Crippen LogP contribution in [0, 0.1) is 11.7 Å². The first-order valence-corrected chi connectivity index (χ1v) is 12.6. The maximum absolute atomic E-state index is 13.5. The van der Waals surface area contributed by atoms with Gasteiger partial charge >= 0.3 is 0 Å². The largest absolute Gasteiger partial charge is 0.491 e. The number of rotatable bonds is 5. The Kier molecular flexibility index (Phi) is 9.82. The minimum atomic E-state index is -0.438. The Balaban J connectivity index is 1.93. The highest BCUT2D eigenvalue weighted by Crippen LogP contribution is 2.27. The number of halogens is 1. The number of benzene rings is 2. The van der Waals surface area contributed by atoms with E-state index in [9.17, 15) is 18.8 Å². The summed E-state index contributed by atoms with van der Waals surface area (Å²) in [6.45, 7) is 5.11. The molecule has 0 unspecified atom stereocenters. The van der Waals surface area contributed by atoms with Gasteiger partial charge in [0.15, 0.2) is 0 Å². The Bertz CT molecular complexity index is 1140. The second-order valence-corrected chi connectivity index (χ2v) is 10.1. The summed E-state index contributed by atoms with van der Waals surface area (Å²) >= 11 is 0. The summed E-state index contributed by atoms with van der Waals surface area (Å²) in [6.07, 6.45) is -0.309. The first-order chi connectivity index (χ1) is 18.0. The van der Waals surface area contributed by atoms with Gasteiger partial charge in [0.2, 0.25) is 5.91 Å². The van der Waals surface area contributed by atoms with Crippen molar-refractivity contribution in [3.05, 3.63) is 59.4 Å². The van der Waals surface area contributed by atoms with Crippen LogP contribution in [-0.2, 0) is 9.53 Å². The molecule has 1 heterocycles. The molecule has 1 N–H and O–H groups in total. The molecular weight excluding hydrogens is 491 g/mol. The van der Waals surface area contributed by atoms with E-state index in [1.807, 2.05) is 32.8 Å².